The van der Waals surface area contributed by atoms with E-state index in [9.17, 15) is 8.42 Å². The van der Waals surface area contributed by atoms with Crippen molar-refractivity contribution >= 4 is 16.0 Å². The number of hydrogen-bond acceptors (Lipinski definition) is 6. The largest absolute Gasteiger partial charge is 0.335 e. The summed E-state index contributed by atoms with van der Waals surface area (Å²) in [5, 5.41) is 3.53. The van der Waals surface area contributed by atoms with E-state index >= 15 is 0 Å². The van der Waals surface area contributed by atoms with Crippen LogP contribution >= 0.6 is 0 Å². The molecule has 7 nitrogen and oxygen atoms in total. The van der Waals surface area contributed by atoms with Crippen LogP contribution in [0, 0.1) is 25.7 Å². The van der Waals surface area contributed by atoms with Crippen LogP contribution in [0.1, 0.15) is 17.0 Å². The molecule has 0 bridgehead atoms. The van der Waals surface area contributed by atoms with Crippen molar-refractivity contribution in [1.82, 2.24) is 10.1 Å². The Morgan fingerprint density at radius 3 is 2.76 bits per heavy atom. The molecule has 0 aliphatic heterocycles. The summed E-state index contributed by atoms with van der Waals surface area (Å²) < 4.78 is 31.7. The fourth-order valence-electron chi connectivity index (χ4n) is 1.63. The Hall–Kier alpha value is -2.37. The monoisotopic (exact) mass is 306 g/mol. The zero-order chi connectivity index (χ0) is 15.5. The number of hydrogen-bond donors (Lipinski definition) is 2. The van der Waals surface area contributed by atoms with E-state index in [2.05, 4.69) is 26.7 Å². The molecule has 2 rings (SSSR count). The van der Waals surface area contributed by atoms with Gasteiger partial charge >= 0.3 is 6.01 Å². The molecule has 0 radical (unpaired) electrons. The second-order valence-electron chi connectivity index (χ2n) is 4.24. The van der Waals surface area contributed by atoms with Gasteiger partial charge in [0.25, 0.3) is 10.0 Å². The molecule has 0 saturated heterocycles. The van der Waals surface area contributed by atoms with E-state index in [4.69, 9.17) is 10.3 Å². The first kappa shape index (κ1) is 15.0. The third-order valence-electron chi connectivity index (χ3n) is 2.56. The van der Waals surface area contributed by atoms with E-state index in [0.29, 0.717) is 17.0 Å². The van der Waals surface area contributed by atoms with Crippen LogP contribution in [0.25, 0.3) is 0 Å². The molecule has 110 valence electrons. The summed E-state index contributed by atoms with van der Waals surface area (Å²) in [4.78, 5) is 3.91. The normalized spacial score (nSPS) is 10.8. The van der Waals surface area contributed by atoms with Gasteiger partial charge in [-0.15, -0.1) is 0 Å². The van der Waals surface area contributed by atoms with E-state index in [1.165, 1.54) is 6.07 Å². The molecule has 0 aliphatic rings. The third kappa shape index (κ3) is 3.59. The summed E-state index contributed by atoms with van der Waals surface area (Å²) >= 11 is 0. The van der Waals surface area contributed by atoms with E-state index in [1.54, 1.807) is 26.0 Å². The van der Waals surface area contributed by atoms with Gasteiger partial charge in [-0.3, -0.25) is 0 Å². The molecule has 0 spiro atoms. The molecule has 2 aromatic rings. The van der Waals surface area contributed by atoms with Gasteiger partial charge in [-0.1, -0.05) is 23.1 Å². The van der Waals surface area contributed by atoms with Crippen LogP contribution in [-0.4, -0.2) is 25.1 Å². The van der Waals surface area contributed by atoms with Gasteiger partial charge in [0.15, 0.2) is 5.82 Å². The molecule has 1 heterocycles. The smallest absolute Gasteiger partial charge is 0.320 e. The molecule has 21 heavy (non-hydrogen) atoms. The maximum atomic E-state index is 12.3. The third-order valence-corrected chi connectivity index (χ3v) is 4.02. The van der Waals surface area contributed by atoms with Gasteiger partial charge in [-0.05, 0) is 31.5 Å². The lowest BCUT2D eigenvalue weighted by atomic mass is 10.1. The Bertz CT molecular complexity index is 815. The van der Waals surface area contributed by atoms with Crippen molar-refractivity contribution in [2.75, 3.05) is 11.3 Å². The van der Waals surface area contributed by atoms with Crippen LogP contribution in [0.2, 0.25) is 0 Å². The SMILES string of the molecule is Cc1noc(NS(=O)(=O)c2cc(C#CCN)ccc2C)n1. The van der Waals surface area contributed by atoms with Gasteiger partial charge in [0, 0.05) is 5.56 Å². The predicted molar refractivity (Wildman–Crippen MR) is 77.0 cm³/mol. The lowest BCUT2D eigenvalue weighted by molar-refractivity contribution is 0.429. The molecule has 0 fully saturated rings. The first-order valence-electron chi connectivity index (χ1n) is 6.05. The van der Waals surface area contributed by atoms with Gasteiger partial charge in [0.2, 0.25) is 0 Å². The van der Waals surface area contributed by atoms with Crippen LogP contribution in [0.4, 0.5) is 6.01 Å². The number of aryl methyl sites for hydroxylation is 2. The van der Waals surface area contributed by atoms with Crippen LogP contribution in [0.3, 0.4) is 0 Å². The van der Waals surface area contributed by atoms with Crippen molar-refractivity contribution in [3.8, 4) is 11.8 Å². The van der Waals surface area contributed by atoms with Crippen LogP contribution < -0.4 is 10.5 Å². The highest BCUT2D eigenvalue weighted by molar-refractivity contribution is 7.92. The number of nitrogens with two attached hydrogens (primary N) is 1. The molecule has 0 aliphatic carbocycles. The minimum absolute atomic E-state index is 0.0992. The molecule has 0 atom stereocenters. The molecule has 0 amide bonds. The van der Waals surface area contributed by atoms with Crippen LogP contribution in [-0.2, 0) is 10.0 Å². The first-order chi connectivity index (χ1) is 9.92. The number of nitrogens with one attached hydrogen (secondary N) is 1. The zero-order valence-electron chi connectivity index (χ0n) is 11.5. The van der Waals surface area contributed by atoms with Crippen molar-refractivity contribution < 1.29 is 12.9 Å². The Morgan fingerprint density at radius 1 is 1.38 bits per heavy atom. The van der Waals surface area contributed by atoms with Crippen LogP contribution in [0.5, 0.6) is 0 Å². The lowest BCUT2D eigenvalue weighted by Gasteiger charge is -2.07. The molecule has 8 heteroatoms. The summed E-state index contributed by atoms with van der Waals surface area (Å²) in [5.74, 6) is 5.81. The molecule has 0 unspecified atom stereocenters. The van der Waals surface area contributed by atoms with E-state index in [0.717, 1.165) is 0 Å². The Kier molecular flexibility index (Phi) is 4.26. The predicted octanol–water partition coefficient (Wildman–Crippen LogP) is 0.797. The number of benzene rings is 1. The average Bonchev–Trinajstić information content (AvgIpc) is 2.82. The maximum Gasteiger partial charge on any atom is 0.335 e. The maximum absolute atomic E-state index is 12.3. The quantitative estimate of drug-likeness (QED) is 0.811. The summed E-state index contributed by atoms with van der Waals surface area (Å²) in [6, 6.07) is 4.70. The van der Waals surface area contributed by atoms with Crippen LogP contribution in [0.15, 0.2) is 27.6 Å². The minimum Gasteiger partial charge on any atom is -0.320 e. The van der Waals surface area contributed by atoms with Crippen molar-refractivity contribution in [3.05, 3.63) is 35.2 Å². The second kappa shape index (κ2) is 5.95. The number of aromatic nitrogens is 2. The fraction of sp³-hybridized carbons (Fsp3) is 0.231. The van der Waals surface area contributed by atoms with Gasteiger partial charge < -0.3 is 10.3 Å². The molecule has 1 aromatic carbocycles. The number of rotatable bonds is 3. The number of nitrogens with zero attached hydrogens (tertiary/aromatic N) is 2. The molecule has 3 N–H and O–H groups in total. The van der Waals surface area contributed by atoms with E-state index in [1.807, 2.05) is 0 Å². The summed E-state index contributed by atoms with van der Waals surface area (Å²) in [6.07, 6.45) is 0. The fourth-order valence-corrected chi connectivity index (χ4v) is 2.83. The minimum atomic E-state index is -3.82. The standard InChI is InChI=1S/C13H14N4O3S/c1-9-5-6-11(4-3-7-14)8-12(9)21(18,19)17-13-15-10(2)16-20-13/h5-6,8H,7,14H2,1-2H3,(H,15,16,17). The molecular formula is C13H14N4O3S. The molecule has 0 saturated carbocycles. The van der Waals surface area contributed by atoms with Crippen molar-refractivity contribution in [2.24, 2.45) is 5.73 Å². The summed E-state index contributed by atoms with van der Waals surface area (Å²) in [5.41, 5.74) is 6.45. The molecular weight excluding hydrogens is 292 g/mol. The van der Waals surface area contributed by atoms with Gasteiger partial charge in [-0.25, -0.2) is 13.1 Å². The topological polar surface area (TPSA) is 111 Å². The van der Waals surface area contributed by atoms with E-state index < -0.39 is 10.0 Å². The first-order valence-corrected chi connectivity index (χ1v) is 7.53. The highest BCUT2D eigenvalue weighted by atomic mass is 32.2. The summed E-state index contributed by atoms with van der Waals surface area (Å²) in [6.45, 7) is 3.48. The Balaban J connectivity index is 2.39. The number of sulfonamides is 1. The van der Waals surface area contributed by atoms with E-state index in [-0.39, 0.29) is 17.5 Å². The van der Waals surface area contributed by atoms with Gasteiger partial charge in [0.1, 0.15) is 0 Å². The highest BCUT2D eigenvalue weighted by Gasteiger charge is 2.20. The van der Waals surface area contributed by atoms with Crippen molar-refractivity contribution in [2.45, 2.75) is 18.7 Å². The number of anilines is 1. The highest BCUT2D eigenvalue weighted by Crippen LogP contribution is 2.19. The van der Waals surface area contributed by atoms with Crippen molar-refractivity contribution in [3.63, 3.8) is 0 Å². The van der Waals surface area contributed by atoms with Crippen molar-refractivity contribution in [1.29, 1.82) is 0 Å². The summed E-state index contributed by atoms with van der Waals surface area (Å²) in [7, 11) is -3.82. The van der Waals surface area contributed by atoms with Gasteiger partial charge in [0.05, 0.1) is 11.4 Å². The second-order valence-corrected chi connectivity index (χ2v) is 5.89. The zero-order valence-corrected chi connectivity index (χ0v) is 12.4. The molecule has 1 aromatic heterocycles. The van der Waals surface area contributed by atoms with Gasteiger partial charge in [-0.2, -0.15) is 4.98 Å². The average molecular weight is 306 g/mol. The lowest BCUT2D eigenvalue weighted by Crippen LogP contribution is -2.14. The Morgan fingerprint density at radius 2 is 2.14 bits per heavy atom. The Labute approximate surface area is 122 Å².